The molecule has 0 saturated carbocycles. The molecule has 18 heavy (non-hydrogen) atoms. The SMILES string of the molecule is CC(C)CN1CCC(NC(C)C2CCOC2)CC1. The molecule has 2 atom stereocenters. The molecular weight excluding hydrogens is 224 g/mol. The van der Waals surface area contributed by atoms with Gasteiger partial charge in [-0.3, -0.25) is 0 Å². The second-order valence-corrected chi connectivity index (χ2v) is 6.55. The molecule has 0 bridgehead atoms. The number of hydrogen-bond donors (Lipinski definition) is 1. The minimum absolute atomic E-state index is 0.620. The lowest BCUT2D eigenvalue weighted by Crippen LogP contribution is -2.48. The second kappa shape index (κ2) is 6.88. The molecule has 0 amide bonds. The van der Waals surface area contributed by atoms with E-state index < -0.39 is 0 Å². The van der Waals surface area contributed by atoms with Gasteiger partial charge in [0.25, 0.3) is 0 Å². The normalized spacial score (nSPS) is 29.0. The topological polar surface area (TPSA) is 24.5 Å². The molecule has 2 rings (SSSR count). The van der Waals surface area contributed by atoms with Crippen molar-refractivity contribution in [2.45, 2.75) is 52.1 Å². The maximum Gasteiger partial charge on any atom is 0.0509 e. The average Bonchev–Trinajstić information content (AvgIpc) is 2.84. The molecule has 2 unspecified atom stereocenters. The molecule has 2 aliphatic heterocycles. The second-order valence-electron chi connectivity index (χ2n) is 6.55. The zero-order valence-electron chi connectivity index (χ0n) is 12.3. The molecule has 2 aliphatic rings. The van der Waals surface area contributed by atoms with Crippen LogP contribution in [0.2, 0.25) is 0 Å². The van der Waals surface area contributed by atoms with E-state index in [1.165, 1.54) is 38.9 Å². The Morgan fingerprint density at radius 2 is 1.89 bits per heavy atom. The fourth-order valence-electron chi connectivity index (χ4n) is 3.25. The standard InChI is InChI=1S/C15H30N2O/c1-12(2)10-17-7-4-15(5-8-17)16-13(3)14-6-9-18-11-14/h12-16H,4-11H2,1-3H3. The Hall–Kier alpha value is -0.120. The Bertz CT molecular complexity index is 231. The monoisotopic (exact) mass is 254 g/mol. The average molecular weight is 254 g/mol. The first kappa shape index (κ1) is 14.3. The third-order valence-corrected chi connectivity index (χ3v) is 4.38. The number of hydrogen-bond acceptors (Lipinski definition) is 3. The van der Waals surface area contributed by atoms with Gasteiger partial charge in [-0.2, -0.15) is 0 Å². The molecule has 2 saturated heterocycles. The first-order valence-electron chi connectivity index (χ1n) is 7.71. The van der Waals surface area contributed by atoms with Crippen molar-refractivity contribution < 1.29 is 4.74 Å². The van der Waals surface area contributed by atoms with Crippen LogP contribution in [0.1, 0.15) is 40.0 Å². The first-order chi connectivity index (χ1) is 8.65. The lowest BCUT2D eigenvalue weighted by Gasteiger charge is -2.35. The van der Waals surface area contributed by atoms with Gasteiger partial charge in [0.15, 0.2) is 0 Å². The van der Waals surface area contributed by atoms with E-state index in [0.717, 1.165) is 31.1 Å². The highest BCUT2D eigenvalue weighted by molar-refractivity contribution is 4.83. The van der Waals surface area contributed by atoms with Crippen molar-refractivity contribution >= 4 is 0 Å². The Labute approximate surface area is 112 Å². The van der Waals surface area contributed by atoms with Crippen LogP contribution in [0.5, 0.6) is 0 Å². The third-order valence-electron chi connectivity index (χ3n) is 4.38. The number of nitrogens with zero attached hydrogens (tertiary/aromatic N) is 1. The minimum Gasteiger partial charge on any atom is -0.381 e. The van der Waals surface area contributed by atoms with Crippen LogP contribution in [-0.2, 0) is 4.74 Å². The fraction of sp³-hybridized carbons (Fsp3) is 1.00. The van der Waals surface area contributed by atoms with Crippen molar-refractivity contribution in [3.8, 4) is 0 Å². The van der Waals surface area contributed by atoms with E-state index >= 15 is 0 Å². The van der Waals surface area contributed by atoms with E-state index in [1.54, 1.807) is 0 Å². The van der Waals surface area contributed by atoms with Gasteiger partial charge >= 0.3 is 0 Å². The van der Waals surface area contributed by atoms with Gasteiger partial charge in [-0.15, -0.1) is 0 Å². The van der Waals surface area contributed by atoms with Crippen LogP contribution in [0.4, 0.5) is 0 Å². The summed E-state index contributed by atoms with van der Waals surface area (Å²) in [6, 6.07) is 1.35. The third kappa shape index (κ3) is 4.22. The lowest BCUT2D eigenvalue weighted by atomic mass is 9.97. The number of piperidine rings is 1. The van der Waals surface area contributed by atoms with Crippen molar-refractivity contribution in [1.82, 2.24) is 10.2 Å². The molecule has 0 aromatic carbocycles. The van der Waals surface area contributed by atoms with Crippen LogP contribution in [0.15, 0.2) is 0 Å². The molecular formula is C15H30N2O. The van der Waals surface area contributed by atoms with Gasteiger partial charge in [-0.05, 0) is 51.1 Å². The molecule has 2 fully saturated rings. The minimum atomic E-state index is 0.620. The highest BCUT2D eigenvalue weighted by Gasteiger charge is 2.26. The Kier molecular flexibility index (Phi) is 5.46. The molecule has 0 radical (unpaired) electrons. The predicted octanol–water partition coefficient (Wildman–Crippen LogP) is 2.12. The first-order valence-corrected chi connectivity index (χ1v) is 7.71. The lowest BCUT2D eigenvalue weighted by molar-refractivity contribution is 0.157. The summed E-state index contributed by atoms with van der Waals surface area (Å²) in [5.74, 6) is 1.53. The van der Waals surface area contributed by atoms with Crippen LogP contribution < -0.4 is 5.32 Å². The number of ether oxygens (including phenoxy) is 1. The van der Waals surface area contributed by atoms with Crippen LogP contribution in [0.25, 0.3) is 0 Å². The van der Waals surface area contributed by atoms with Gasteiger partial charge in [0.05, 0.1) is 6.61 Å². The van der Waals surface area contributed by atoms with Crippen LogP contribution in [0, 0.1) is 11.8 Å². The van der Waals surface area contributed by atoms with E-state index in [0.29, 0.717) is 6.04 Å². The van der Waals surface area contributed by atoms with E-state index in [-0.39, 0.29) is 0 Å². The van der Waals surface area contributed by atoms with Crippen molar-refractivity contribution in [2.24, 2.45) is 11.8 Å². The molecule has 2 heterocycles. The number of nitrogens with one attached hydrogen (secondary N) is 1. The highest BCUT2D eigenvalue weighted by atomic mass is 16.5. The van der Waals surface area contributed by atoms with Gasteiger partial charge in [-0.25, -0.2) is 0 Å². The molecule has 0 aliphatic carbocycles. The maximum atomic E-state index is 5.48. The molecule has 1 N–H and O–H groups in total. The fourth-order valence-corrected chi connectivity index (χ4v) is 3.25. The molecule has 0 spiro atoms. The van der Waals surface area contributed by atoms with Gasteiger partial charge in [0.2, 0.25) is 0 Å². The van der Waals surface area contributed by atoms with Crippen molar-refractivity contribution in [2.75, 3.05) is 32.8 Å². The van der Waals surface area contributed by atoms with Crippen LogP contribution in [-0.4, -0.2) is 49.8 Å². The van der Waals surface area contributed by atoms with Crippen LogP contribution in [0.3, 0.4) is 0 Å². The molecule has 0 aromatic rings. The molecule has 0 aromatic heterocycles. The summed E-state index contributed by atoms with van der Waals surface area (Å²) in [5.41, 5.74) is 0. The summed E-state index contributed by atoms with van der Waals surface area (Å²) in [4.78, 5) is 2.62. The van der Waals surface area contributed by atoms with Gasteiger partial charge in [0, 0.05) is 25.2 Å². The predicted molar refractivity (Wildman–Crippen MR) is 75.8 cm³/mol. The number of rotatable bonds is 5. The Balaban J connectivity index is 1.66. The van der Waals surface area contributed by atoms with Crippen LogP contribution >= 0.6 is 0 Å². The molecule has 3 nitrogen and oxygen atoms in total. The van der Waals surface area contributed by atoms with E-state index in [1.807, 2.05) is 0 Å². The zero-order chi connectivity index (χ0) is 13.0. The summed E-state index contributed by atoms with van der Waals surface area (Å²) < 4.78 is 5.48. The van der Waals surface area contributed by atoms with Gasteiger partial charge < -0.3 is 15.0 Å². The van der Waals surface area contributed by atoms with E-state index in [9.17, 15) is 0 Å². The smallest absolute Gasteiger partial charge is 0.0509 e. The van der Waals surface area contributed by atoms with Crippen molar-refractivity contribution in [3.63, 3.8) is 0 Å². The van der Waals surface area contributed by atoms with E-state index in [4.69, 9.17) is 4.74 Å². The largest absolute Gasteiger partial charge is 0.381 e. The summed E-state index contributed by atoms with van der Waals surface area (Å²) in [6.45, 7) is 12.7. The summed E-state index contributed by atoms with van der Waals surface area (Å²) in [7, 11) is 0. The Morgan fingerprint density at radius 1 is 1.17 bits per heavy atom. The molecule has 3 heteroatoms. The van der Waals surface area contributed by atoms with E-state index in [2.05, 4.69) is 31.0 Å². The summed E-state index contributed by atoms with van der Waals surface area (Å²) in [6.07, 6.45) is 3.86. The quantitative estimate of drug-likeness (QED) is 0.813. The van der Waals surface area contributed by atoms with Gasteiger partial charge in [-0.1, -0.05) is 13.8 Å². The van der Waals surface area contributed by atoms with Gasteiger partial charge in [0.1, 0.15) is 0 Å². The van der Waals surface area contributed by atoms with Crippen molar-refractivity contribution in [1.29, 1.82) is 0 Å². The Morgan fingerprint density at radius 3 is 2.44 bits per heavy atom. The summed E-state index contributed by atoms with van der Waals surface area (Å²) in [5, 5.41) is 3.83. The maximum absolute atomic E-state index is 5.48. The summed E-state index contributed by atoms with van der Waals surface area (Å²) >= 11 is 0. The zero-order valence-corrected chi connectivity index (χ0v) is 12.3. The highest BCUT2D eigenvalue weighted by Crippen LogP contribution is 2.19. The van der Waals surface area contributed by atoms with Crippen molar-refractivity contribution in [3.05, 3.63) is 0 Å². The number of likely N-dealkylation sites (tertiary alicyclic amines) is 1. The molecule has 106 valence electrons.